The van der Waals surface area contributed by atoms with Crippen LogP contribution in [0.2, 0.25) is 0 Å². The van der Waals surface area contributed by atoms with Gasteiger partial charge in [-0.15, -0.1) is 11.8 Å². The van der Waals surface area contributed by atoms with Crippen molar-refractivity contribution in [2.75, 3.05) is 20.3 Å². The minimum Gasteiger partial charge on any atom is -0.490 e. The summed E-state index contributed by atoms with van der Waals surface area (Å²) in [4.78, 5) is 1.24. The molecule has 1 aromatic rings. The van der Waals surface area contributed by atoms with E-state index in [1.807, 2.05) is 24.9 Å². The van der Waals surface area contributed by atoms with Gasteiger partial charge in [0.15, 0.2) is 11.5 Å². The van der Waals surface area contributed by atoms with E-state index in [1.54, 1.807) is 0 Å². The van der Waals surface area contributed by atoms with E-state index in [0.717, 1.165) is 37.6 Å². The third-order valence-electron chi connectivity index (χ3n) is 3.42. The molecule has 1 N–H and O–H groups in total. The molecule has 0 amide bonds. The first kappa shape index (κ1) is 14.5. The first-order valence-corrected chi connectivity index (χ1v) is 7.86. The van der Waals surface area contributed by atoms with Crippen LogP contribution in [0.3, 0.4) is 0 Å². The van der Waals surface area contributed by atoms with Gasteiger partial charge in [0.25, 0.3) is 0 Å². The second-order valence-electron chi connectivity index (χ2n) is 4.79. The molecule has 19 heavy (non-hydrogen) atoms. The van der Waals surface area contributed by atoms with Gasteiger partial charge in [0.1, 0.15) is 0 Å². The number of rotatable bonds is 5. The second kappa shape index (κ2) is 7.06. The van der Waals surface area contributed by atoms with Crippen LogP contribution in [0.4, 0.5) is 0 Å². The number of hydrogen-bond acceptors (Lipinski definition) is 4. The number of fused-ring (bicyclic) bond motifs is 1. The molecule has 1 aliphatic rings. The summed E-state index contributed by atoms with van der Waals surface area (Å²) in [6, 6.07) is 6.78. The van der Waals surface area contributed by atoms with Gasteiger partial charge < -0.3 is 14.8 Å². The summed E-state index contributed by atoms with van der Waals surface area (Å²) in [6.07, 6.45) is 2.08. The predicted molar refractivity (Wildman–Crippen MR) is 80.5 cm³/mol. The summed E-state index contributed by atoms with van der Waals surface area (Å²) >= 11 is 1.88. The second-order valence-corrected chi connectivity index (χ2v) is 6.24. The van der Waals surface area contributed by atoms with Crippen molar-refractivity contribution in [3.63, 3.8) is 0 Å². The van der Waals surface area contributed by atoms with Crippen molar-refractivity contribution >= 4 is 11.8 Å². The number of thioether (sulfide) groups is 1. The summed E-state index contributed by atoms with van der Waals surface area (Å²) in [6.45, 7) is 5.96. The topological polar surface area (TPSA) is 30.5 Å². The van der Waals surface area contributed by atoms with Crippen molar-refractivity contribution < 1.29 is 9.47 Å². The van der Waals surface area contributed by atoms with Crippen LogP contribution in [0, 0.1) is 0 Å². The molecule has 4 heteroatoms. The lowest BCUT2D eigenvalue weighted by Crippen LogP contribution is -2.33. The average molecular weight is 281 g/mol. The van der Waals surface area contributed by atoms with Crippen LogP contribution in [0.1, 0.15) is 26.7 Å². The Morgan fingerprint density at radius 1 is 1.26 bits per heavy atom. The zero-order chi connectivity index (χ0) is 13.7. The first-order valence-electron chi connectivity index (χ1n) is 6.98. The highest BCUT2D eigenvalue weighted by Crippen LogP contribution is 2.35. The lowest BCUT2D eigenvalue weighted by molar-refractivity contribution is 0.297. The molecule has 0 fully saturated rings. The van der Waals surface area contributed by atoms with Gasteiger partial charge in [-0.05, 0) is 31.7 Å². The molecule has 0 bridgehead atoms. The number of benzene rings is 1. The Morgan fingerprint density at radius 2 is 2.00 bits per heavy atom. The molecule has 3 nitrogen and oxygen atoms in total. The van der Waals surface area contributed by atoms with Gasteiger partial charge in [0.05, 0.1) is 13.2 Å². The van der Waals surface area contributed by atoms with E-state index in [-0.39, 0.29) is 0 Å². The molecule has 2 unspecified atom stereocenters. The minimum absolute atomic E-state index is 0.528. The largest absolute Gasteiger partial charge is 0.490 e. The van der Waals surface area contributed by atoms with Crippen LogP contribution in [0.25, 0.3) is 0 Å². The van der Waals surface area contributed by atoms with Gasteiger partial charge >= 0.3 is 0 Å². The van der Waals surface area contributed by atoms with Gasteiger partial charge in [0.2, 0.25) is 0 Å². The van der Waals surface area contributed by atoms with Crippen LogP contribution in [-0.4, -0.2) is 31.6 Å². The highest BCUT2D eigenvalue weighted by atomic mass is 32.2. The van der Waals surface area contributed by atoms with Crippen LogP contribution in [0.5, 0.6) is 11.5 Å². The lowest BCUT2D eigenvalue weighted by atomic mass is 10.2. The van der Waals surface area contributed by atoms with Gasteiger partial charge in [-0.25, -0.2) is 0 Å². The molecule has 1 aliphatic heterocycles. The Bertz CT molecular complexity index is 407. The van der Waals surface area contributed by atoms with Gasteiger partial charge in [-0.3, -0.25) is 0 Å². The Balaban J connectivity index is 2.07. The average Bonchev–Trinajstić information content (AvgIpc) is 2.64. The maximum absolute atomic E-state index is 5.73. The van der Waals surface area contributed by atoms with Crippen molar-refractivity contribution in [3.05, 3.63) is 18.2 Å². The third kappa shape index (κ3) is 3.80. The van der Waals surface area contributed by atoms with E-state index in [9.17, 15) is 0 Å². The summed E-state index contributed by atoms with van der Waals surface area (Å²) in [5.74, 6) is 1.75. The Hall–Kier alpha value is -0.870. The highest BCUT2D eigenvalue weighted by Gasteiger charge is 2.16. The van der Waals surface area contributed by atoms with Crippen LogP contribution in [0.15, 0.2) is 23.1 Å². The first-order chi connectivity index (χ1) is 9.24. The monoisotopic (exact) mass is 281 g/mol. The van der Waals surface area contributed by atoms with Gasteiger partial charge in [-0.2, -0.15) is 0 Å². The lowest BCUT2D eigenvalue weighted by Gasteiger charge is -2.22. The maximum Gasteiger partial charge on any atom is 0.162 e. The smallest absolute Gasteiger partial charge is 0.162 e. The normalized spacial score (nSPS) is 17.6. The number of hydrogen-bond donors (Lipinski definition) is 1. The Labute approximate surface area is 120 Å². The van der Waals surface area contributed by atoms with E-state index >= 15 is 0 Å². The number of ether oxygens (including phenoxy) is 2. The molecular formula is C15H23NO2S. The van der Waals surface area contributed by atoms with Crippen LogP contribution >= 0.6 is 11.8 Å². The molecule has 0 radical (unpaired) electrons. The van der Waals surface area contributed by atoms with Crippen molar-refractivity contribution in [1.82, 2.24) is 5.32 Å². The molecule has 2 atom stereocenters. The summed E-state index contributed by atoms with van der Waals surface area (Å²) < 4.78 is 11.4. The third-order valence-corrected chi connectivity index (χ3v) is 4.64. The summed E-state index contributed by atoms with van der Waals surface area (Å²) in [5, 5.41) is 3.89. The highest BCUT2D eigenvalue weighted by molar-refractivity contribution is 8.00. The van der Waals surface area contributed by atoms with E-state index < -0.39 is 0 Å². The quantitative estimate of drug-likeness (QED) is 0.839. The van der Waals surface area contributed by atoms with Gasteiger partial charge in [-0.1, -0.05) is 13.8 Å². The molecule has 2 rings (SSSR count). The SMILES string of the molecule is CCC(NC)C(C)Sc1ccc2c(c1)OCCCO2. The zero-order valence-electron chi connectivity index (χ0n) is 11.9. The standard InChI is InChI=1S/C15H23NO2S/c1-4-13(16-3)11(2)19-12-6-7-14-15(10-12)18-9-5-8-17-14/h6-7,10-11,13,16H,4-5,8-9H2,1-3H3. The molecule has 106 valence electrons. The van der Waals surface area contributed by atoms with Gasteiger partial charge in [0, 0.05) is 22.6 Å². The molecule has 0 aromatic heterocycles. The Morgan fingerprint density at radius 3 is 2.68 bits per heavy atom. The molecule has 0 aliphatic carbocycles. The van der Waals surface area contributed by atoms with E-state index in [1.165, 1.54) is 4.90 Å². The van der Waals surface area contributed by atoms with Crippen molar-refractivity contribution in [3.8, 4) is 11.5 Å². The zero-order valence-corrected chi connectivity index (χ0v) is 12.8. The fourth-order valence-corrected chi connectivity index (χ4v) is 3.53. The molecule has 0 saturated heterocycles. The fourth-order valence-electron chi connectivity index (χ4n) is 2.28. The van der Waals surface area contributed by atoms with E-state index in [0.29, 0.717) is 11.3 Å². The maximum atomic E-state index is 5.73. The van der Waals surface area contributed by atoms with Crippen LogP contribution < -0.4 is 14.8 Å². The van der Waals surface area contributed by atoms with Crippen LogP contribution in [-0.2, 0) is 0 Å². The van der Waals surface area contributed by atoms with E-state index in [4.69, 9.17) is 9.47 Å². The molecule has 1 heterocycles. The predicted octanol–water partition coefficient (Wildman–Crippen LogP) is 3.33. The molecule has 0 saturated carbocycles. The van der Waals surface area contributed by atoms with E-state index in [2.05, 4.69) is 31.3 Å². The number of nitrogens with one attached hydrogen (secondary N) is 1. The van der Waals surface area contributed by atoms with Crippen molar-refractivity contribution in [2.24, 2.45) is 0 Å². The molecule has 0 spiro atoms. The van der Waals surface area contributed by atoms with Crippen molar-refractivity contribution in [1.29, 1.82) is 0 Å². The summed E-state index contributed by atoms with van der Waals surface area (Å²) in [5.41, 5.74) is 0. The fraction of sp³-hybridized carbons (Fsp3) is 0.600. The van der Waals surface area contributed by atoms with Crippen molar-refractivity contribution in [2.45, 2.75) is 42.9 Å². The minimum atomic E-state index is 0.528. The Kier molecular flexibility index (Phi) is 5.40. The molecular weight excluding hydrogens is 258 g/mol. The molecule has 1 aromatic carbocycles. The summed E-state index contributed by atoms with van der Waals surface area (Å²) in [7, 11) is 2.03.